The molecule has 2 rings (SSSR count). The van der Waals surface area contributed by atoms with Gasteiger partial charge in [0.25, 0.3) is 0 Å². The Balaban J connectivity index is 2.48. The van der Waals surface area contributed by atoms with E-state index in [1.54, 1.807) is 0 Å². The van der Waals surface area contributed by atoms with E-state index in [9.17, 15) is 4.79 Å². The molecule has 0 spiro atoms. The summed E-state index contributed by atoms with van der Waals surface area (Å²) >= 11 is 0. The zero-order valence-corrected chi connectivity index (χ0v) is 9.21. The minimum absolute atomic E-state index is 0.0959. The van der Waals surface area contributed by atoms with Crippen LogP contribution in [-0.2, 0) is 4.74 Å². The highest BCUT2D eigenvalue weighted by atomic mass is 16.7. The zero-order valence-electron chi connectivity index (χ0n) is 9.21. The Morgan fingerprint density at radius 3 is 2.88 bits per heavy atom. The molecule has 0 aromatic carbocycles. The summed E-state index contributed by atoms with van der Waals surface area (Å²) in [6, 6.07) is 1.49. The van der Waals surface area contributed by atoms with E-state index in [1.807, 2.05) is 0 Å². The molecule has 0 atom stereocenters. The van der Waals surface area contributed by atoms with Crippen LogP contribution in [-0.4, -0.2) is 35.0 Å². The molecule has 90 valence electrons. The maximum absolute atomic E-state index is 11.0. The van der Waals surface area contributed by atoms with E-state index in [1.165, 1.54) is 31.0 Å². The van der Waals surface area contributed by atoms with Crippen LogP contribution >= 0.6 is 0 Å². The number of carbonyl (C=O) groups is 1. The second-order valence-corrected chi connectivity index (χ2v) is 3.04. The minimum Gasteiger partial charge on any atom is -0.493 e. The molecule has 2 aromatic heterocycles. The van der Waals surface area contributed by atoms with Crippen LogP contribution in [0.2, 0.25) is 0 Å². The van der Waals surface area contributed by atoms with Gasteiger partial charge in [-0.15, -0.1) is 5.10 Å². The van der Waals surface area contributed by atoms with Gasteiger partial charge in [-0.25, -0.2) is 9.31 Å². The van der Waals surface area contributed by atoms with E-state index < -0.39 is 6.16 Å². The summed E-state index contributed by atoms with van der Waals surface area (Å²) in [7, 11) is 2.67. The van der Waals surface area contributed by atoms with E-state index in [0.29, 0.717) is 11.4 Å². The van der Waals surface area contributed by atoms with Gasteiger partial charge in [0.1, 0.15) is 0 Å². The molecule has 0 fully saturated rings. The molecule has 0 aliphatic carbocycles. The molecule has 0 amide bonds. The van der Waals surface area contributed by atoms with Crippen molar-refractivity contribution in [2.75, 3.05) is 20.0 Å². The first-order valence-electron chi connectivity index (χ1n) is 4.59. The first kappa shape index (κ1) is 11.0. The molecule has 0 bridgehead atoms. The third-order valence-electron chi connectivity index (χ3n) is 1.98. The SMILES string of the molecule is COC(=O)Oc1cc(OC)c2nc(N)nn2c1. The standard InChI is InChI=1S/C9H10N4O4/c1-15-6-3-5(17-9(14)16-2)4-13-7(6)11-8(10)12-13/h3-4H,1-2H3,(H2,10,12). The summed E-state index contributed by atoms with van der Waals surface area (Å²) in [5, 5.41) is 3.89. The van der Waals surface area contributed by atoms with Gasteiger partial charge in [-0.3, -0.25) is 0 Å². The van der Waals surface area contributed by atoms with Crippen molar-refractivity contribution < 1.29 is 19.0 Å². The topological polar surface area (TPSA) is 101 Å². The van der Waals surface area contributed by atoms with Crippen LogP contribution in [0, 0.1) is 0 Å². The summed E-state index contributed by atoms with van der Waals surface area (Å²) < 4.78 is 15.7. The minimum atomic E-state index is -0.834. The van der Waals surface area contributed by atoms with E-state index in [4.69, 9.17) is 15.2 Å². The number of methoxy groups -OCH3 is 2. The van der Waals surface area contributed by atoms with Crippen molar-refractivity contribution in [2.45, 2.75) is 0 Å². The van der Waals surface area contributed by atoms with Crippen molar-refractivity contribution >= 4 is 17.8 Å². The average Bonchev–Trinajstić information content (AvgIpc) is 2.68. The highest BCUT2D eigenvalue weighted by Crippen LogP contribution is 2.24. The summed E-state index contributed by atoms with van der Waals surface area (Å²) in [6.07, 6.45) is 0.609. The number of nitrogens with zero attached hydrogens (tertiary/aromatic N) is 3. The molecule has 0 aliphatic heterocycles. The Labute approximate surface area is 95.9 Å². The molecule has 0 saturated carbocycles. The second-order valence-electron chi connectivity index (χ2n) is 3.04. The molecule has 0 aliphatic rings. The molecular formula is C9H10N4O4. The quantitative estimate of drug-likeness (QED) is 0.758. The van der Waals surface area contributed by atoms with E-state index in [-0.39, 0.29) is 11.7 Å². The van der Waals surface area contributed by atoms with Gasteiger partial charge in [0, 0.05) is 6.07 Å². The number of hydrogen-bond acceptors (Lipinski definition) is 7. The van der Waals surface area contributed by atoms with Gasteiger partial charge in [-0.05, 0) is 0 Å². The lowest BCUT2D eigenvalue weighted by Gasteiger charge is -2.05. The normalized spacial score (nSPS) is 10.2. The van der Waals surface area contributed by atoms with Gasteiger partial charge >= 0.3 is 6.16 Å². The molecule has 17 heavy (non-hydrogen) atoms. The number of rotatable bonds is 2. The van der Waals surface area contributed by atoms with Gasteiger partial charge in [0.15, 0.2) is 17.1 Å². The number of carbonyl (C=O) groups excluding carboxylic acids is 1. The summed E-state index contributed by atoms with van der Waals surface area (Å²) in [6.45, 7) is 0. The maximum Gasteiger partial charge on any atom is 0.513 e. The summed E-state index contributed by atoms with van der Waals surface area (Å²) in [5.74, 6) is 0.695. The van der Waals surface area contributed by atoms with Crippen LogP contribution < -0.4 is 15.2 Å². The molecule has 2 aromatic rings. The third-order valence-corrected chi connectivity index (χ3v) is 1.98. The number of pyridine rings is 1. The van der Waals surface area contributed by atoms with Gasteiger partial charge < -0.3 is 19.9 Å². The van der Waals surface area contributed by atoms with E-state index in [0.717, 1.165) is 0 Å². The molecule has 2 N–H and O–H groups in total. The first-order valence-corrected chi connectivity index (χ1v) is 4.59. The monoisotopic (exact) mass is 238 g/mol. The highest BCUT2D eigenvalue weighted by molar-refractivity contribution is 5.65. The van der Waals surface area contributed by atoms with Crippen LogP contribution in [0.15, 0.2) is 12.3 Å². The molecule has 2 heterocycles. The van der Waals surface area contributed by atoms with Crippen molar-refractivity contribution in [1.82, 2.24) is 14.6 Å². The maximum atomic E-state index is 11.0. The van der Waals surface area contributed by atoms with Crippen LogP contribution in [0.3, 0.4) is 0 Å². The van der Waals surface area contributed by atoms with E-state index >= 15 is 0 Å². The second kappa shape index (κ2) is 4.16. The largest absolute Gasteiger partial charge is 0.513 e. The lowest BCUT2D eigenvalue weighted by Crippen LogP contribution is -2.08. The number of nitrogens with two attached hydrogens (primary N) is 1. The predicted molar refractivity (Wildman–Crippen MR) is 57.0 cm³/mol. The highest BCUT2D eigenvalue weighted by Gasteiger charge is 2.12. The summed E-state index contributed by atoms with van der Waals surface area (Å²) in [5.41, 5.74) is 5.89. The van der Waals surface area contributed by atoms with Crippen molar-refractivity contribution in [2.24, 2.45) is 0 Å². The molecule has 8 nitrogen and oxygen atoms in total. The molecule has 0 unspecified atom stereocenters. The van der Waals surface area contributed by atoms with Crippen molar-refractivity contribution in [1.29, 1.82) is 0 Å². The lowest BCUT2D eigenvalue weighted by molar-refractivity contribution is 0.121. The third kappa shape index (κ3) is 2.05. The van der Waals surface area contributed by atoms with Crippen molar-refractivity contribution in [3.63, 3.8) is 0 Å². The number of hydrogen-bond donors (Lipinski definition) is 1. The lowest BCUT2D eigenvalue weighted by atomic mass is 10.4. The average molecular weight is 238 g/mol. The van der Waals surface area contributed by atoms with Crippen LogP contribution in [0.1, 0.15) is 0 Å². The van der Waals surface area contributed by atoms with Crippen LogP contribution in [0.5, 0.6) is 11.5 Å². The smallest absolute Gasteiger partial charge is 0.493 e. The Morgan fingerprint density at radius 2 is 2.24 bits per heavy atom. The van der Waals surface area contributed by atoms with Crippen LogP contribution in [0.25, 0.3) is 5.65 Å². The zero-order chi connectivity index (χ0) is 12.4. The molecule has 0 radical (unpaired) electrons. The van der Waals surface area contributed by atoms with Crippen LogP contribution in [0.4, 0.5) is 10.7 Å². The Bertz CT molecular complexity index is 565. The van der Waals surface area contributed by atoms with E-state index in [2.05, 4.69) is 14.8 Å². The fraction of sp³-hybridized carbons (Fsp3) is 0.222. The number of fused-ring (bicyclic) bond motifs is 1. The Hall–Kier alpha value is -2.51. The van der Waals surface area contributed by atoms with Gasteiger partial charge in [0.2, 0.25) is 5.95 Å². The van der Waals surface area contributed by atoms with Gasteiger partial charge in [0.05, 0.1) is 20.4 Å². The molecule has 0 saturated heterocycles. The molecular weight excluding hydrogens is 228 g/mol. The Morgan fingerprint density at radius 1 is 1.47 bits per heavy atom. The van der Waals surface area contributed by atoms with Gasteiger partial charge in [-0.1, -0.05) is 0 Å². The number of nitrogen functional groups attached to an aromatic ring is 1. The molecule has 8 heteroatoms. The fourth-order valence-electron chi connectivity index (χ4n) is 1.29. The van der Waals surface area contributed by atoms with Crippen molar-refractivity contribution in [3.8, 4) is 11.5 Å². The van der Waals surface area contributed by atoms with Gasteiger partial charge in [-0.2, -0.15) is 4.98 Å². The first-order chi connectivity index (χ1) is 8.13. The number of ether oxygens (including phenoxy) is 3. The number of anilines is 1. The Kier molecular flexibility index (Phi) is 2.69. The number of aromatic nitrogens is 3. The predicted octanol–water partition coefficient (Wildman–Crippen LogP) is 0.465. The van der Waals surface area contributed by atoms with Crippen molar-refractivity contribution in [3.05, 3.63) is 12.3 Å². The fourth-order valence-corrected chi connectivity index (χ4v) is 1.29. The summed E-state index contributed by atoms with van der Waals surface area (Å²) in [4.78, 5) is 14.9.